The maximum Gasteiger partial charge on any atom is 0.387 e. The molecule has 0 aliphatic heterocycles. The molecule has 0 radical (unpaired) electrons. The lowest BCUT2D eigenvalue weighted by Gasteiger charge is -2.22. The van der Waals surface area contributed by atoms with Gasteiger partial charge in [-0.3, -0.25) is 9.78 Å². The lowest BCUT2D eigenvalue weighted by atomic mass is 10.0. The van der Waals surface area contributed by atoms with Gasteiger partial charge in [-0.2, -0.15) is 8.78 Å². The van der Waals surface area contributed by atoms with E-state index in [1.165, 1.54) is 81.0 Å². The van der Waals surface area contributed by atoms with Gasteiger partial charge in [-0.1, -0.05) is 29.3 Å². The molecule has 4 aromatic rings. The summed E-state index contributed by atoms with van der Waals surface area (Å²) in [5.74, 6) is -1.31. The van der Waals surface area contributed by atoms with E-state index in [4.69, 9.17) is 37.4 Å². The van der Waals surface area contributed by atoms with Crippen molar-refractivity contribution in [3.05, 3.63) is 99.6 Å². The van der Waals surface area contributed by atoms with E-state index in [1.807, 2.05) is 0 Å². The molecule has 49 heavy (non-hydrogen) atoms. The Hall–Kier alpha value is -4.40. The predicted molar refractivity (Wildman–Crippen MR) is 175 cm³/mol. The molecular weight excluding hydrogens is 707 g/mol. The highest BCUT2D eigenvalue weighted by atomic mass is 35.5. The van der Waals surface area contributed by atoms with E-state index >= 15 is 0 Å². The second-order valence-electron chi connectivity index (χ2n) is 11.3. The summed E-state index contributed by atoms with van der Waals surface area (Å²) in [5, 5.41) is 0.342. The number of amides is 1. The third-order valence-corrected chi connectivity index (χ3v) is 9.94. The maximum atomic E-state index is 13.9. The topological polar surface area (TPSA) is 126 Å². The van der Waals surface area contributed by atoms with Crippen LogP contribution in [0.4, 0.5) is 8.78 Å². The molecule has 1 aliphatic rings. The number of carbonyl (C=O) groups is 2. The molecule has 1 aliphatic carbocycles. The Bertz CT molecular complexity index is 1950. The minimum absolute atomic E-state index is 0.00462. The van der Waals surface area contributed by atoms with Gasteiger partial charge < -0.3 is 23.8 Å². The van der Waals surface area contributed by atoms with Gasteiger partial charge in [-0.15, -0.1) is 0 Å². The first kappa shape index (κ1) is 35.9. The summed E-state index contributed by atoms with van der Waals surface area (Å²) in [4.78, 5) is 31.5. The molecule has 0 bridgehead atoms. The fourth-order valence-corrected chi connectivity index (χ4v) is 6.74. The smallest absolute Gasteiger partial charge is 0.387 e. The predicted octanol–water partition coefficient (Wildman–Crippen LogP) is 6.67. The molecule has 0 spiro atoms. The number of rotatable bonds is 14. The molecule has 1 unspecified atom stereocenters. The molecule has 2 aromatic carbocycles. The van der Waals surface area contributed by atoms with Crippen molar-refractivity contribution < 1.29 is 45.7 Å². The molecule has 1 atom stereocenters. The fourth-order valence-electron chi connectivity index (χ4n) is 4.86. The highest BCUT2D eigenvalue weighted by Gasteiger charge is 2.30. The van der Waals surface area contributed by atoms with E-state index < -0.39 is 34.6 Å². The van der Waals surface area contributed by atoms with Crippen LogP contribution in [-0.2, 0) is 21.2 Å². The van der Waals surface area contributed by atoms with Gasteiger partial charge in [0.25, 0.3) is 15.9 Å². The third kappa shape index (κ3) is 8.26. The number of carbonyl (C=O) groups excluding carboxylic acids is 2. The zero-order valence-corrected chi connectivity index (χ0v) is 28.8. The summed E-state index contributed by atoms with van der Waals surface area (Å²) < 4.78 is 76.5. The first-order valence-corrected chi connectivity index (χ1v) is 17.0. The van der Waals surface area contributed by atoms with Crippen LogP contribution in [0, 0.1) is 5.92 Å². The van der Waals surface area contributed by atoms with E-state index in [9.17, 15) is 26.8 Å². The van der Waals surface area contributed by atoms with Crippen molar-refractivity contribution in [3.63, 3.8) is 0 Å². The van der Waals surface area contributed by atoms with Gasteiger partial charge in [0.05, 0.1) is 34.2 Å². The Kier molecular flexibility index (Phi) is 11.0. The minimum atomic E-state index is -4.45. The quantitative estimate of drug-likeness (QED) is 0.131. The number of ether oxygens (including phenoxy) is 4. The number of alkyl halides is 2. The molecule has 1 fully saturated rings. The Balaban J connectivity index is 1.52. The summed E-state index contributed by atoms with van der Waals surface area (Å²) in [5.41, 5.74) is 0.294. The highest BCUT2D eigenvalue weighted by Crippen LogP contribution is 2.38. The second kappa shape index (κ2) is 15.0. The molecule has 5 rings (SSSR count). The van der Waals surface area contributed by atoms with Crippen LogP contribution < -0.4 is 14.2 Å². The number of aromatic nitrogens is 2. The third-order valence-electron chi connectivity index (χ3n) is 7.60. The zero-order chi connectivity index (χ0) is 35.5. The van der Waals surface area contributed by atoms with Crippen molar-refractivity contribution in [3.8, 4) is 17.2 Å². The highest BCUT2D eigenvalue weighted by molar-refractivity contribution is 7.90. The van der Waals surface area contributed by atoms with Crippen LogP contribution in [0.1, 0.15) is 50.9 Å². The van der Waals surface area contributed by atoms with Crippen LogP contribution in [0.2, 0.25) is 10.0 Å². The number of benzene rings is 2. The van der Waals surface area contributed by atoms with E-state index in [-0.39, 0.29) is 62.4 Å². The molecule has 2 heterocycles. The van der Waals surface area contributed by atoms with Crippen LogP contribution in [0.3, 0.4) is 0 Å². The molecule has 11 nitrogen and oxygen atoms in total. The van der Waals surface area contributed by atoms with Gasteiger partial charge in [-0.05, 0) is 72.4 Å². The first-order valence-electron chi connectivity index (χ1n) is 14.8. The molecule has 16 heteroatoms. The monoisotopic (exact) mass is 737 g/mol. The number of methoxy groups -OCH3 is 1. The van der Waals surface area contributed by atoms with Crippen molar-refractivity contribution in [1.29, 1.82) is 0 Å². The van der Waals surface area contributed by atoms with Gasteiger partial charge in [0.2, 0.25) is 0 Å². The van der Waals surface area contributed by atoms with Crippen molar-refractivity contribution in [2.24, 2.45) is 5.92 Å². The number of nitrogens with zero attached hydrogens (tertiary/aromatic N) is 3. The number of hydrogen-bond acceptors (Lipinski definition) is 9. The Morgan fingerprint density at radius 1 is 1.02 bits per heavy atom. The molecule has 2 aromatic heterocycles. The van der Waals surface area contributed by atoms with Gasteiger partial charge in [-0.25, -0.2) is 17.2 Å². The molecule has 0 saturated heterocycles. The lowest BCUT2D eigenvalue weighted by Crippen LogP contribution is -2.24. The van der Waals surface area contributed by atoms with E-state index in [1.54, 1.807) is 0 Å². The van der Waals surface area contributed by atoms with Crippen LogP contribution in [0.15, 0.2) is 72.0 Å². The molecule has 1 amide bonds. The molecule has 0 N–H and O–H groups in total. The number of pyridine rings is 1. The minimum Gasteiger partial charge on any atom is -0.496 e. The molecule has 260 valence electrons. The number of hydrogen-bond donors (Lipinski definition) is 0. The molecule has 1 saturated carbocycles. The summed E-state index contributed by atoms with van der Waals surface area (Å²) in [7, 11) is -0.0907. The van der Waals surface area contributed by atoms with Crippen molar-refractivity contribution in [2.45, 2.75) is 36.9 Å². The normalized spacial score (nSPS) is 13.6. The van der Waals surface area contributed by atoms with Crippen LogP contribution in [0.5, 0.6) is 17.2 Å². The lowest BCUT2D eigenvalue weighted by molar-refractivity contribution is -0.0515. The van der Waals surface area contributed by atoms with Crippen LogP contribution in [-0.4, -0.2) is 68.6 Å². The maximum absolute atomic E-state index is 13.9. The standard InChI is InChI=1S/C33H31Cl2F2N3O8S/c1-39(2)31(41)23-14-21(9-11-27(23)45-3)49(43,44)40-12-4-5-26(40)32(42)47-29(15-22-24(34)16-38-17-25(22)35)20-8-10-28(48-33(36)37)30(13-20)46-18-19-6-7-19/h4-5,8-14,16-17,19,29,33H,6-7,15,18H2,1-3H3. The summed E-state index contributed by atoms with van der Waals surface area (Å²) in [6.07, 6.45) is 4.47. The Morgan fingerprint density at radius 2 is 1.71 bits per heavy atom. The van der Waals surface area contributed by atoms with Crippen molar-refractivity contribution >= 4 is 45.1 Å². The fraction of sp³-hybridized carbons (Fsp3) is 0.303. The van der Waals surface area contributed by atoms with Gasteiger partial charge >= 0.3 is 12.6 Å². The van der Waals surface area contributed by atoms with Crippen LogP contribution in [0.25, 0.3) is 0 Å². The van der Waals surface area contributed by atoms with Gasteiger partial charge in [0.1, 0.15) is 17.5 Å². The first-order chi connectivity index (χ1) is 23.3. The summed E-state index contributed by atoms with van der Waals surface area (Å²) >= 11 is 12.8. The van der Waals surface area contributed by atoms with E-state index in [0.717, 1.165) is 29.1 Å². The average molecular weight is 739 g/mol. The second-order valence-corrected chi connectivity index (χ2v) is 13.9. The van der Waals surface area contributed by atoms with Gasteiger partial charge in [0, 0.05) is 39.1 Å². The number of esters is 1. The van der Waals surface area contributed by atoms with Crippen molar-refractivity contribution in [2.75, 3.05) is 27.8 Å². The summed E-state index contributed by atoms with van der Waals surface area (Å²) in [6.45, 7) is -2.84. The zero-order valence-electron chi connectivity index (χ0n) is 26.4. The van der Waals surface area contributed by atoms with E-state index in [0.29, 0.717) is 11.1 Å². The Morgan fingerprint density at radius 3 is 2.35 bits per heavy atom. The van der Waals surface area contributed by atoms with E-state index in [2.05, 4.69) is 9.72 Å². The summed E-state index contributed by atoms with van der Waals surface area (Å²) in [6, 6.07) is 10.4. The molecular formula is C33H31Cl2F2N3O8S. The number of halogens is 4. The van der Waals surface area contributed by atoms with Crippen molar-refractivity contribution in [1.82, 2.24) is 13.9 Å². The van der Waals surface area contributed by atoms with Gasteiger partial charge in [0.15, 0.2) is 11.5 Å². The Labute approximate surface area is 291 Å². The largest absolute Gasteiger partial charge is 0.496 e. The van der Waals surface area contributed by atoms with Crippen LogP contribution >= 0.6 is 23.2 Å². The average Bonchev–Trinajstić information content (AvgIpc) is 3.76. The SMILES string of the molecule is COc1ccc(S(=O)(=O)n2cccc2C(=O)OC(Cc2c(Cl)cncc2Cl)c2ccc(OC(F)F)c(OCC3CC3)c2)cc1C(=O)N(C)C.